The number of piperidine rings is 1. The summed E-state index contributed by atoms with van der Waals surface area (Å²) in [5, 5.41) is 0. The van der Waals surface area contributed by atoms with Gasteiger partial charge in [0.15, 0.2) is 0 Å². The fraction of sp³-hybridized carbons (Fsp3) is 0.419. The molecule has 0 radical (unpaired) electrons. The molecule has 0 unspecified atom stereocenters. The number of hydrogen-bond donors (Lipinski definition) is 0. The van der Waals surface area contributed by atoms with Gasteiger partial charge in [-0.1, -0.05) is 0 Å². The first kappa shape index (κ1) is 21.9. The summed E-state index contributed by atoms with van der Waals surface area (Å²) in [4.78, 5) is 2.85. The predicted octanol–water partition coefficient (Wildman–Crippen LogP) is 5.06. The fourth-order valence-corrected chi connectivity index (χ4v) is 26.1. The zero-order chi connectivity index (χ0) is 22.1. The van der Waals surface area contributed by atoms with Gasteiger partial charge in [-0.3, -0.25) is 0 Å². The van der Waals surface area contributed by atoms with E-state index in [0.29, 0.717) is 0 Å². The van der Waals surface area contributed by atoms with E-state index in [1.54, 1.807) is 10.7 Å². The van der Waals surface area contributed by atoms with Crippen LogP contribution in [0.25, 0.3) is 0 Å². The van der Waals surface area contributed by atoms with Gasteiger partial charge in [0.1, 0.15) is 0 Å². The van der Waals surface area contributed by atoms with E-state index >= 15 is 0 Å². The third-order valence-corrected chi connectivity index (χ3v) is 25.3. The molecule has 4 atom stereocenters. The number of rotatable bonds is 6. The molecule has 1 heterocycles. The van der Waals surface area contributed by atoms with Crippen LogP contribution in [0.3, 0.4) is 0 Å². The second kappa shape index (κ2) is 9.58. The minimum absolute atomic E-state index is 0.854. The summed E-state index contributed by atoms with van der Waals surface area (Å²) in [5.74, 6) is 2.70. The van der Waals surface area contributed by atoms with Gasteiger partial charge < -0.3 is 0 Å². The summed E-state index contributed by atoms with van der Waals surface area (Å²) in [6, 6.07) is 35.5. The van der Waals surface area contributed by atoms with Crippen LogP contribution >= 0.6 is 0 Å². The molecule has 2 saturated carbocycles. The molecular weight excluding hydrogens is 505 g/mol. The molecule has 1 aliphatic heterocycles. The molecule has 33 heavy (non-hydrogen) atoms. The van der Waals surface area contributed by atoms with Gasteiger partial charge in [0.2, 0.25) is 0 Å². The van der Waals surface area contributed by atoms with E-state index in [1.165, 1.54) is 58.2 Å². The number of likely N-dealkylation sites (tertiary alicyclic amines) is 1. The summed E-state index contributed by atoms with van der Waals surface area (Å²) in [5.41, 5.74) is 0. The van der Waals surface area contributed by atoms with Gasteiger partial charge in [0.05, 0.1) is 0 Å². The molecule has 0 aromatic heterocycles. The molecule has 1 nitrogen and oxygen atoms in total. The molecule has 3 aromatic rings. The Morgan fingerprint density at radius 2 is 1.09 bits per heavy atom. The monoisotopic (exact) mass is 543 g/mol. The van der Waals surface area contributed by atoms with Crippen LogP contribution in [0, 0.1) is 17.8 Å². The Bertz CT molecular complexity index is 932. The minimum atomic E-state index is -3.31. The van der Waals surface area contributed by atoms with Crippen LogP contribution in [-0.2, 0) is 0 Å². The van der Waals surface area contributed by atoms with Gasteiger partial charge in [-0.2, -0.15) is 0 Å². The predicted molar refractivity (Wildman–Crippen MR) is 142 cm³/mol. The van der Waals surface area contributed by atoms with Gasteiger partial charge in [-0.15, -0.1) is 0 Å². The summed E-state index contributed by atoms with van der Waals surface area (Å²) in [6.45, 7) is 3.99. The quantitative estimate of drug-likeness (QED) is 0.394. The molecule has 170 valence electrons. The van der Waals surface area contributed by atoms with Crippen LogP contribution < -0.4 is 10.7 Å². The molecule has 3 aromatic carbocycles. The Kier molecular flexibility index (Phi) is 6.36. The van der Waals surface area contributed by atoms with Crippen LogP contribution in [0.1, 0.15) is 38.5 Å². The van der Waals surface area contributed by atoms with Crippen molar-refractivity contribution in [2.75, 3.05) is 19.6 Å². The van der Waals surface area contributed by atoms with E-state index in [2.05, 4.69) is 95.9 Å². The van der Waals surface area contributed by atoms with Crippen molar-refractivity contribution in [2.24, 2.45) is 17.8 Å². The number of nitrogens with zero attached hydrogens (tertiary/aromatic N) is 1. The molecule has 0 spiro atoms. The first-order chi connectivity index (χ1) is 16.4. The van der Waals surface area contributed by atoms with Crippen molar-refractivity contribution in [3.05, 3.63) is 91.0 Å². The van der Waals surface area contributed by atoms with Crippen molar-refractivity contribution in [1.29, 1.82) is 0 Å². The molecule has 0 amide bonds. The van der Waals surface area contributed by atoms with Crippen molar-refractivity contribution in [3.8, 4) is 0 Å². The molecular formula is C31H37NSn. The standard InChI is InChI=1S/C13H22N.3C6H5.Sn/c1-2-6-14(7-3-1)10-13-9-11-4-5-12(13)8-11;3*1-2-4-6-5-3-1;/h9,11-13H,1-8,10H2;3*1-5H;/t11-,12+,13+;;;;/m0..../s1. The van der Waals surface area contributed by atoms with E-state index in [4.69, 9.17) is 0 Å². The summed E-state index contributed by atoms with van der Waals surface area (Å²) >= 11 is -3.31. The summed E-state index contributed by atoms with van der Waals surface area (Å²) in [7, 11) is 0. The maximum absolute atomic E-state index is 3.31. The van der Waals surface area contributed by atoms with E-state index < -0.39 is 18.4 Å². The molecule has 2 heteroatoms. The SMILES string of the molecule is c1cc[c]([Sn]([c]2ccccc2)([c]2ccccc2)[C@@H]2[C@H]3CC[C@H](C3)[C@H]2CN2CCCCC2)cc1. The van der Waals surface area contributed by atoms with Gasteiger partial charge in [0, 0.05) is 0 Å². The first-order valence-electron chi connectivity index (χ1n) is 13.3. The van der Waals surface area contributed by atoms with Gasteiger partial charge in [-0.05, 0) is 0 Å². The van der Waals surface area contributed by atoms with Crippen molar-refractivity contribution >= 4 is 29.1 Å². The average molecular weight is 542 g/mol. The number of hydrogen-bond acceptors (Lipinski definition) is 1. The number of fused-ring (bicyclic) bond motifs is 2. The van der Waals surface area contributed by atoms with E-state index in [9.17, 15) is 0 Å². The van der Waals surface area contributed by atoms with Crippen LogP contribution in [0.5, 0.6) is 0 Å². The zero-order valence-electron chi connectivity index (χ0n) is 19.8. The molecule has 2 bridgehead atoms. The second-order valence-electron chi connectivity index (χ2n) is 10.8. The number of benzene rings is 3. The van der Waals surface area contributed by atoms with Crippen molar-refractivity contribution < 1.29 is 0 Å². The van der Waals surface area contributed by atoms with Crippen LogP contribution in [0.15, 0.2) is 91.0 Å². The maximum atomic E-state index is 2.85. The van der Waals surface area contributed by atoms with Crippen LogP contribution in [0.4, 0.5) is 0 Å². The Morgan fingerprint density at radius 3 is 1.61 bits per heavy atom. The average Bonchev–Trinajstić information content (AvgIpc) is 3.50. The Balaban J connectivity index is 1.55. The summed E-state index contributed by atoms with van der Waals surface area (Å²) in [6.07, 6.45) is 8.63. The van der Waals surface area contributed by atoms with E-state index in [-0.39, 0.29) is 0 Å². The van der Waals surface area contributed by atoms with Gasteiger partial charge >= 0.3 is 205 Å². The Labute approximate surface area is 204 Å². The van der Waals surface area contributed by atoms with Crippen molar-refractivity contribution in [3.63, 3.8) is 0 Å². The molecule has 1 saturated heterocycles. The second-order valence-corrected chi connectivity index (χ2v) is 22.2. The van der Waals surface area contributed by atoms with Crippen molar-refractivity contribution in [1.82, 2.24) is 4.90 Å². The molecule has 0 N–H and O–H groups in total. The van der Waals surface area contributed by atoms with Crippen molar-refractivity contribution in [2.45, 2.75) is 42.5 Å². The third kappa shape index (κ3) is 3.89. The first-order valence-corrected chi connectivity index (χ1v) is 19.2. The van der Waals surface area contributed by atoms with Crippen LogP contribution in [0.2, 0.25) is 3.93 Å². The molecule has 6 rings (SSSR count). The fourth-order valence-electron chi connectivity index (χ4n) is 7.97. The van der Waals surface area contributed by atoms with E-state index in [1.807, 2.05) is 0 Å². The Hall–Kier alpha value is -1.58. The molecule has 3 aliphatic rings. The normalized spacial score (nSPS) is 27.6. The third-order valence-electron chi connectivity index (χ3n) is 9.19. The van der Waals surface area contributed by atoms with E-state index in [0.717, 1.165) is 21.7 Å². The molecule has 2 aliphatic carbocycles. The topological polar surface area (TPSA) is 3.24 Å². The molecule has 3 fully saturated rings. The van der Waals surface area contributed by atoms with Crippen LogP contribution in [-0.4, -0.2) is 42.9 Å². The van der Waals surface area contributed by atoms with Gasteiger partial charge in [-0.25, -0.2) is 0 Å². The summed E-state index contributed by atoms with van der Waals surface area (Å²) < 4.78 is 5.91. The zero-order valence-corrected chi connectivity index (χ0v) is 22.6. The Morgan fingerprint density at radius 1 is 0.606 bits per heavy atom. The van der Waals surface area contributed by atoms with Gasteiger partial charge in [0.25, 0.3) is 0 Å².